The zero-order chi connectivity index (χ0) is 16.9. The summed E-state index contributed by atoms with van der Waals surface area (Å²) >= 11 is 1.45. The highest BCUT2D eigenvalue weighted by Crippen LogP contribution is 2.23. The number of aromatic nitrogens is 2. The van der Waals surface area contributed by atoms with Gasteiger partial charge in [0.25, 0.3) is 0 Å². The number of nitrogens with zero attached hydrogens (tertiary/aromatic N) is 4. The van der Waals surface area contributed by atoms with Crippen molar-refractivity contribution in [2.24, 2.45) is 0 Å². The average molecular weight is 343 g/mol. The molecule has 6 nitrogen and oxygen atoms in total. The van der Waals surface area contributed by atoms with E-state index in [2.05, 4.69) is 44.3 Å². The first-order valence-corrected chi connectivity index (χ1v) is 9.09. The molecule has 0 unspecified atom stereocenters. The molecule has 0 aliphatic carbocycles. The zero-order valence-electron chi connectivity index (χ0n) is 13.9. The van der Waals surface area contributed by atoms with Gasteiger partial charge in [0.1, 0.15) is 5.82 Å². The van der Waals surface area contributed by atoms with E-state index in [9.17, 15) is 4.79 Å². The van der Waals surface area contributed by atoms with Crippen molar-refractivity contribution in [2.45, 2.75) is 5.16 Å². The second-order valence-corrected chi connectivity index (χ2v) is 6.51. The third-order valence-corrected chi connectivity index (χ3v) is 4.66. The van der Waals surface area contributed by atoms with Crippen LogP contribution in [0.1, 0.15) is 10.4 Å². The maximum absolute atomic E-state index is 11.2. The number of aldehydes is 1. The predicted octanol–water partition coefficient (Wildman–Crippen LogP) is 2.51. The van der Waals surface area contributed by atoms with Gasteiger partial charge in [-0.1, -0.05) is 11.8 Å². The van der Waals surface area contributed by atoms with Gasteiger partial charge in [-0.25, -0.2) is 9.97 Å². The lowest BCUT2D eigenvalue weighted by atomic mass is 10.2. The van der Waals surface area contributed by atoms with Gasteiger partial charge < -0.3 is 15.1 Å². The van der Waals surface area contributed by atoms with Gasteiger partial charge in [0, 0.05) is 43.8 Å². The van der Waals surface area contributed by atoms with E-state index in [-0.39, 0.29) is 0 Å². The minimum absolute atomic E-state index is 0.455. The Morgan fingerprint density at radius 1 is 1.17 bits per heavy atom. The van der Waals surface area contributed by atoms with Gasteiger partial charge in [0.05, 0.1) is 5.56 Å². The highest BCUT2D eigenvalue weighted by molar-refractivity contribution is 7.98. The van der Waals surface area contributed by atoms with Crippen LogP contribution in [0.3, 0.4) is 0 Å². The van der Waals surface area contributed by atoms with Gasteiger partial charge in [-0.15, -0.1) is 0 Å². The standard InChI is InChI=1S/C17H21N5OS/c1-21-7-9-22(10-8-21)15-5-3-14(4-6-15)19-16-13(12-23)11-18-17(20-16)24-2/h3-6,11-12H,7-10H2,1-2H3,(H,18,19,20). The number of hydrogen-bond donors (Lipinski definition) is 1. The van der Waals surface area contributed by atoms with Crippen molar-refractivity contribution in [3.8, 4) is 0 Å². The van der Waals surface area contributed by atoms with Gasteiger partial charge in [0.15, 0.2) is 11.4 Å². The third-order valence-electron chi connectivity index (χ3n) is 4.10. The molecule has 1 aliphatic heterocycles. The van der Waals surface area contributed by atoms with E-state index in [4.69, 9.17) is 0 Å². The Balaban J connectivity index is 1.73. The second kappa shape index (κ2) is 7.63. The first-order valence-electron chi connectivity index (χ1n) is 7.86. The monoisotopic (exact) mass is 343 g/mol. The van der Waals surface area contributed by atoms with Crippen molar-refractivity contribution < 1.29 is 4.79 Å². The van der Waals surface area contributed by atoms with Crippen molar-refractivity contribution in [3.05, 3.63) is 36.0 Å². The van der Waals surface area contributed by atoms with E-state index in [1.165, 1.54) is 17.4 Å². The predicted molar refractivity (Wildman–Crippen MR) is 98.6 cm³/mol. The molecule has 7 heteroatoms. The molecule has 0 radical (unpaired) electrons. The number of carbonyl (C=O) groups excluding carboxylic acids is 1. The van der Waals surface area contributed by atoms with Crippen molar-refractivity contribution in [2.75, 3.05) is 49.7 Å². The number of anilines is 3. The van der Waals surface area contributed by atoms with Crippen molar-refractivity contribution in [3.63, 3.8) is 0 Å². The van der Waals surface area contributed by atoms with Crippen LogP contribution in [-0.2, 0) is 0 Å². The number of piperazine rings is 1. The number of nitrogens with one attached hydrogen (secondary N) is 1. The fraction of sp³-hybridized carbons (Fsp3) is 0.353. The molecule has 3 rings (SSSR count). The smallest absolute Gasteiger partial charge is 0.189 e. The summed E-state index contributed by atoms with van der Waals surface area (Å²) in [6, 6.07) is 8.24. The highest BCUT2D eigenvalue weighted by Gasteiger charge is 2.14. The summed E-state index contributed by atoms with van der Waals surface area (Å²) < 4.78 is 0. The Morgan fingerprint density at radius 2 is 1.88 bits per heavy atom. The minimum atomic E-state index is 0.455. The molecule has 0 atom stereocenters. The Hall–Kier alpha value is -2.12. The van der Waals surface area contributed by atoms with Gasteiger partial charge in [-0.2, -0.15) is 0 Å². The van der Waals surface area contributed by atoms with Crippen LogP contribution in [0.5, 0.6) is 0 Å². The molecule has 0 saturated carbocycles. The summed E-state index contributed by atoms with van der Waals surface area (Å²) in [4.78, 5) is 24.4. The van der Waals surface area contributed by atoms with E-state index in [1.807, 2.05) is 18.4 Å². The number of rotatable bonds is 5. The second-order valence-electron chi connectivity index (χ2n) is 5.74. The quantitative estimate of drug-likeness (QED) is 0.508. The molecule has 1 aromatic carbocycles. The Kier molecular flexibility index (Phi) is 5.32. The van der Waals surface area contributed by atoms with Gasteiger partial charge in [-0.3, -0.25) is 4.79 Å². The van der Waals surface area contributed by atoms with Gasteiger partial charge in [-0.05, 0) is 37.6 Å². The molecule has 24 heavy (non-hydrogen) atoms. The summed E-state index contributed by atoms with van der Waals surface area (Å²) in [7, 11) is 2.15. The molecule has 2 aromatic rings. The number of thioether (sulfide) groups is 1. The van der Waals surface area contributed by atoms with E-state index in [1.54, 1.807) is 6.20 Å². The highest BCUT2D eigenvalue weighted by atomic mass is 32.2. The summed E-state index contributed by atoms with van der Waals surface area (Å²) in [5, 5.41) is 3.85. The summed E-state index contributed by atoms with van der Waals surface area (Å²) in [6.07, 6.45) is 4.22. The lowest BCUT2D eigenvalue weighted by Crippen LogP contribution is -2.44. The molecule has 1 fully saturated rings. The van der Waals surface area contributed by atoms with E-state index >= 15 is 0 Å². The Labute approximate surface area is 146 Å². The topological polar surface area (TPSA) is 61.4 Å². The van der Waals surface area contributed by atoms with E-state index < -0.39 is 0 Å². The molecule has 1 saturated heterocycles. The maximum atomic E-state index is 11.2. The van der Waals surface area contributed by atoms with Crippen LogP contribution in [-0.4, -0.2) is 60.6 Å². The fourth-order valence-corrected chi connectivity index (χ4v) is 2.96. The third kappa shape index (κ3) is 3.85. The summed E-state index contributed by atoms with van der Waals surface area (Å²) in [5.74, 6) is 0.539. The zero-order valence-corrected chi connectivity index (χ0v) is 14.7. The first-order chi connectivity index (χ1) is 11.7. The summed E-state index contributed by atoms with van der Waals surface area (Å²) in [5.41, 5.74) is 2.58. The Bertz CT molecular complexity index is 699. The van der Waals surface area contributed by atoms with Crippen molar-refractivity contribution >= 4 is 35.2 Å². The van der Waals surface area contributed by atoms with Crippen molar-refractivity contribution in [1.29, 1.82) is 0 Å². The molecule has 2 heterocycles. The van der Waals surface area contributed by atoms with Crippen LogP contribution >= 0.6 is 11.8 Å². The molecular formula is C17H21N5OS. The van der Waals surface area contributed by atoms with Crippen LogP contribution in [0.4, 0.5) is 17.2 Å². The lowest BCUT2D eigenvalue weighted by molar-refractivity contribution is 0.112. The Morgan fingerprint density at radius 3 is 2.50 bits per heavy atom. The molecular weight excluding hydrogens is 322 g/mol. The molecule has 126 valence electrons. The van der Waals surface area contributed by atoms with Crippen LogP contribution in [0, 0.1) is 0 Å². The van der Waals surface area contributed by atoms with Crippen LogP contribution in [0.25, 0.3) is 0 Å². The van der Waals surface area contributed by atoms with Gasteiger partial charge in [0.2, 0.25) is 0 Å². The number of hydrogen-bond acceptors (Lipinski definition) is 7. The largest absolute Gasteiger partial charge is 0.369 e. The normalized spacial score (nSPS) is 15.3. The fourth-order valence-electron chi connectivity index (χ4n) is 2.62. The number of benzene rings is 1. The number of likely N-dealkylation sites (N-methyl/N-ethyl adjacent to an activating group) is 1. The molecule has 0 bridgehead atoms. The lowest BCUT2D eigenvalue weighted by Gasteiger charge is -2.34. The average Bonchev–Trinajstić information content (AvgIpc) is 2.63. The van der Waals surface area contributed by atoms with E-state index in [0.29, 0.717) is 16.5 Å². The molecule has 0 amide bonds. The summed E-state index contributed by atoms with van der Waals surface area (Å²) in [6.45, 7) is 4.26. The maximum Gasteiger partial charge on any atom is 0.189 e. The molecule has 1 N–H and O–H groups in total. The number of carbonyl (C=O) groups is 1. The molecule has 1 aliphatic rings. The first kappa shape index (κ1) is 16.7. The molecule has 1 aromatic heterocycles. The van der Waals surface area contributed by atoms with Gasteiger partial charge >= 0.3 is 0 Å². The SMILES string of the molecule is CSc1ncc(C=O)c(Nc2ccc(N3CCN(C)CC3)cc2)n1. The van der Waals surface area contributed by atoms with Crippen LogP contribution in [0.2, 0.25) is 0 Å². The minimum Gasteiger partial charge on any atom is -0.369 e. The van der Waals surface area contributed by atoms with E-state index in [0.717, 1.165) is 38.2 Å². The van der Waals surface area contributed by atoms with Crippen LogP contribution in [0.15, 0.2) is 35.6 Å². The van der Waals surface area contributed by atoms with Crippen molar-refractivity contribution in [1.82, 2.24) is 14.9 Å². The van der Waals surface area contributed by atoms with Crippen LogP contribution < -0.4 is 10.2 Å². The molecule has 0 spiro atoms.